The number of hydrogen-bond donors (Lipinski definition) is 3. The SMILES string of the molecule is CC(CC1CC(OC(=O)NC(C)(C)C)CCC1C(C)C)NC1CCN(NC(=O)C(C)(C)C)C1. The lowest BCUT2D eigenvalue weighted by molar-refractivity contribution is -0.133. The predicted molar refractivity (Wildman–Crippen MR) is 134 cm³/mol. The number of carbonyl (C=O) groups is 2. The molecule has 0 aromatic carbocycles. The summed E-state index contributed by atoms with van der Waals surface area (Å²) in [5, 5.41) is 8.77. The van der Waals surface area contributed by atoms with Crippen LogP contribution in [0.15, 0.2) is 0 Å². The largest absolute Gasteiger partial charge is 0.446 e. The van der Waals surface area contributed by atoms with Gasteiger partial charge in [-0.1, -0.05) is 34.6 Å². The maximum absolute atomic E-state index is 12.3. The summed E-state index contributed by atoms with van der Waals surface area (Å²) in [4.78, 5) is 24.6. The number of rotatable bonds is 7. The van der Waals surface area contributed by atoms with Crippen LogP contribution >= 0.6 is 0 Å². The molecule has 1 saturated heterocycles. The number of alkyl carbamates (subject to hydrolysis) is 1. The molecule has 2 rings (SSSR count). The maximum atomic E-state index is 12.3. The van der Waals surface area contributed by atoms with Crippen molar-refractivity contribution in [2.24, 2.45) is 23.2 Å². The van der Waals surface area contributed by atoms with Crippen molar-refractivity contribution in [3.05, 3.63) is 0 Å². The molecule has 7 heteroatoms. The fraction of sp³-hybridized carbons (Fsp3) is 0.923. The van der Waals surface area contributed by atoms with Crippen molar-refractivity contribution in [1.82, 2.24) is 21.1 Å². The number of nitrogens with one attached hydrogen (secondary N) is 3. The summed E-state index contributed by atoms with van der Waals surface area (Å²) in [7, 11) is 0. The van der Waals surface area contributed by atoms with E-state index in [0.717, 1.165) is 45.2 Å². The molecule has 3 N–H and O–H groups in total. The third kappa shape index (κ3) is 9.44. The Morgan fingerprint density at radius 3 is 2.27 bits per heavy atom. The Kier molecular flexibility index (Phi) is 9.63. The fourth-order valence-corrected chi connectivity index (χ4v) is 5.22. The third-order valence-corrected chi connectivity index (χ3v) is 6.91. The van der Waals surface area contributed by atoms with E-state index in [9.17, 15) is 9.59 Å². The highest BCUT2D eigenvalue weighted by molar-refractivity contribution is 5.80. The lowest BCUT2D eigenvalue weighted by atomic mass is 9.70. The van der Waals surface area contributed by atoms with Gasteiger partial charge in [-0.15, -0.1) is 0 Å². The molecule has 7 nitrogen and oxygen atoms in total. The van der Waals surface area contributed by atoms with Gasteiger partial charge < -0.3 is 15.4 Å². The summed E-state index contributed by atoms with van der Waals surface area (Å²) in [6.07, 6.45) is 4.80. The van der Waals surface area contributed by atoms with Crippen LogP contribution in [0, 0.1) is 23.2 Å². The Bertz CT molecular complexity index is 653. The molecule has 1 aliphatic heterocycles. The van der Waals surface area contributed by atoms with Crippen molar-refractivity contribution in [2.75, 3.05) is 13.1 Å². The van der Waals surface area contributed by atoms with Gasteiger partial charge in [0.25, 0.3) is 0 Å². The first-order valence-corrected chi connectivity index (χ1v) is 12.9. The van der Waals surface area contributed by atoms with E-state index in [0.29, 0.717) is 29.8 Å². The smallest absolute Gasteiger partial charge is 0.407 e. The van der Waals surface area contributed by atoms with Crippen LogP contribution in [0.4, 0.5) is 4.79 Å². The minimum atomic E-state index is -0.381. The molecule has 2 amide bonds. The second kappa shape index (κ2) is 11.4. The average Bonchev–Trinajstić information content (AvgIpc) is 3.05. The molecule has 5 atom stereocenters. The molecule has 0 spiro atoms. The third-order valence-electron chi connectivity index (χ3n) is 6.91. The molecule has 1 aliphatic carbocycles. The van der Waals surface area contributed by atoms with Crippen LogP contribution in [-0.2, 0) is 9.53 Å². The molecule has 0 aromatic rings. The van der Waals surface area contributed by atoms with E-state index < -0.39 is 0 Å². The molecule has 2 fully saturated rings. The standard InChI is InChI=1S/C26H50N4O3/c1-17(2)22-11-10-21(33-24(32)28-26(7,8)9)15-19(22)14-18(3)27-20-12-13-30(16-20)29-23(31)25(4,5)6/h17-22,27H,10-16H2,1-9H3,(H,28,32)(H,29,31). The summed E-state index contributed by atoms with van der Waals surface area (Å²) >= 11 is 0. The van der Waals surface area contributed by atoms with Crippen molar-refractivity contribution in [3.8, 4) is 0 Å². The van der Waals surface area contributed by atoms with E-state index in [-0.39, 0.29) is 29.1 Å². The molecule has 0 radical (unpaired) electrons. The van der Waals surface area contributed by atoms with Crippen LogP contribution in [0.3, 0.4) is 0 Å². The van der Waals surface area contributed by atoms with Gasteiger partial charge in [-0.2, -0.15) is 0 Å². The van der Waals surface area contributed by atoms with E-state index in [1.54, 1.807) is 0 Å². The highest BCUT2D eigenvalue weighted by Crippen LogP contribution is 2.39. The van der Waals surface area contributed by atoms with Crippen molar-refractivity contribution in [2.45, 2.75) is 118 Å². The zero-order valence-electron chi connectivity index (χ0n) is 22.6. The van der Waals surface area contributed by atoms with E-state index in [4.69, 9.17) is 4.74 Å². The molecule has 192 valence electrons. The maximum Gasteiger partial charge on any atom is 0.407 e. The first kappa shape index (κ1) is 27.9. The molecule has 0 aromatic heterocycles. The van der Waals surface area contributed by atoms with Crippen LogP contribution in [0.1, 0.15) is 94.4 Å². The highest BCUT2D eigenvalue weighted by atomic mass is 16.6. The van der Waals surface area contributed by atoms with Crippen LogP contribution in [0.25, 0.3) is 0 Å². The van der Waals surface area contributed by atoms with Crippen LogP contribution < -0.4 is 16.1 Å². The summed E-state index contributed by atoms with van der Waals surface area (Å²) in [6.45, 7) is 20.3. The van der Waals surface area contributed by atoms with Crippen molar-refractivity contribution in [3.63, 3.8) is 0 Å². The van der Waals surface area contributed by atoms with Crippen LogP contribution in [-0.4, -0.2) is 53.8 Å². The monoisotopic (exact) mass is 466 g/mol. The van der Waals surface area contributed by atoms with Crippen LogP contribution in [0.2, 0.25) is 0 Å². The van der Waals surface area contributed by atoms with Gasteiger partial charge in [-0.3, -0.25) is 10.2 Å². The second-order valence-corrected chi connectivity index (χ2v) is 12.8. The Balaban J connectivity index is 1.86. The zero-order chi connectivity index (χ0) is 25.0. The van der Waals surface area contributed by atoms with Gasteiger partial charge >= 0.3 is 6.09 Å². The van der Waals surface area contributed by atoms with Gasteiger partial charge in [0.15, 0.2) is 0 Å². The van der Waals surface area contributed by atoms with Gasteiger partial charge in [0, 0.05) is 36.1 Å². The summed E-state index contributed by atoms with van der Waals surface area (Å²) in [6, 6.07) is 0.757. The normalized spacial score (nSPS) is 27.9. The molecule has 2 aliphatic rings. The van der Waals surface area contributed by atoms with Gasteiger partial charge in [0.05, 0.1) is 0 Å². The molecule has 1 saturated carbocycles. The van der Waals surface area contributed by atoms with Gasteiger partial charge in [-0.25, -0.2) is 9.80 Å². The number of nitrogens with zero attached hydrogens (tertiary/aromatic N) is 1. The molecular formula is C26H50N4O3. The minimum Gasteiger partial charge on any atom is -0.446 e. The first-order chi connectivity index (χ1) is 15.1. The lowest BCUT2D eigenvalue weighted by Gasteiger charge is -2.40. The topological polar surface area (TPSA) is 82.7 Å². The Labute approximate surface area is 202 Å². The zero-order valence-corrected chi connectivity index (χ0v) is 22.6. The second-order valence-electron chi connectivity index (χ2n) is 12.8. The Morgan fingerprint density at radius 2 is 1.70 bits per heavy atom. The number of hydrogen-bond acceptors (Lipinski definition) is 5. The number of ether oxygens (including phenoxy) is 1. The van der Waals surface area contributed by atoms with Crippen molar-refractivity contribution in [1.29, 1.82) is 0 Å². The number of hydrazine groups is 1. The molecule has 1 heterocycles. The molecule has 5 unspecified atom stereocenters. The van der Waals surface area contributed by atoms with Gasteiger partial charge in [0.1, 0.15) is 6.10 Å². The Morgan fingerprint density at radius 1 is 1.03 bits per heavy atom. The number of carbonyl (C=O) groups excluding carboxylic acids is 2. The first-order valence-electron chi connectivity index (χ1n) is 12.9. The lowest BCUT2D eigenvalue weighted by Crippen LogP contribution is -2.48. The van der Waals surface area contributed by atoms with Gasteiger partial charge in [-0.05, 0) is 77.6 Å². The highest BCUT2D eigenvalue weighted by Gasteiger charge is 2.36. The van der Waals surface area contributed by atoms with Crippen molar-refractivity contribution >= 4 is 12.0 Å². The summed E-state index contributed by atoms with van der Waals surface area (Å²) in [5.41, 5.74) is 2.40. The van der Waals surface area contributed by atoms with E-state index in [2.05, 4.69) is 36.8 Å². The fourth-order valence-electron chi connectivity index (χ4n) is 5.22. The molecule has 0 bridgehead atoms. The quantitative estimate of drug-likeness (QED) is 0.516. The van der Waals surface area contributed by atoms with Crippen LogP contribution in [0.5, 0.6) is 0 Å². The van der Waals surface area contributed by atoms with E-state index >= 15 is 0 Å². The van der Waals surface area contributed by atoms with Gasteiger partial charge in [0.2, 0.25) is 5.91 Å². The predicted octanol–water partition coefficient (Wildman–Crippen LogP) is 4.47. The summed E-state index contributed by atoms with van der Waals surface area (Å²) in [5.74, 6) is 1.89. The number of amides is 2. The Hall–Kier alpha value is -1.34. The van der Waals surface area contributed by atoms with Crippen molar-refractivity contribution < 1.29 is 14.3 Å². The summed E-state index contributed by atoms with van der Waals surface area (Å²) < 4.78 is 5.80. The van der Waals surface area contributed by atoms with E-state index in [1.807, 2.05) is 46.6 Å². The minimum absolute atomic E-state index is 0.00543. The molecule has 33 heavy (non-hydrogen) atoms. The average molecular weight is 467 g/mol. The van der Waals surface area contributed by atoms with E-state index in [1.165, 1.54) is 0 Å². The molecular weight excluding hydrogens is 416 g/mol.